The molecule has 3 rings (SSSR count). The first-order chi connectivity index (χ1) is 13.0. The molecule has 1 aromatic heterocycles. The Kier molecular flexibility index (Phi) is 5.77. The molecule has 2 N–H and O–H groups in total. The number of anilines is 1. The molecule has 138 valence electrons. The van der Waals surface area contributed by atoms with Crippen LogP contribution in [0.3, 0.4) is 0 Å². The molecule has 1 heterocycles. The Morgan fingerprint density at radius 3 is 2.22 bits per heavy atom. The predicted octanol–water partition coefficient (Wildman–Crippen LogP) is 3.04. The van der Waals surface area contributed by atoms with Crippen LogP contribution in [-0.2, 0) is 6.54 Å². The molecule has 27 heavy (non-hydrogen) atoms. The van der Waals surface area contributed by atoms with E-state index in [2.05, 4.69) is 20.8 Å². The number of methoxy groups -OCH3 is 1. The van der Waals surface area contributed by atoms with E-state index in [1.165, 1.54) is 0 Å². The van der Waals surface area contributed by atoms with E-state index in [0.717, 1.165) is 28.2 Å². The Hall–Kier alpha value is -3.26. The number of carbonyl (C=O) groups excluding carboxylic acids is 2. The molecule has 0 bridgehead atoms. The maximum atomic E-state index is 12.2. The lowest BCUT2D eigenvalue weighted by Crippen LogP contribution is -2.22. The molecule has 0 fully saturated rings. The fourth-order valence-corrected chi connectivity index (χ4v) is 2.88. The lowest BCUT2D eigenvalue weighted by molar-refractivity contribution is 0.0948. The molecule has 0 aliphatic rings. The summed E-state index contributed by atoms with van der Waals surface area (Å²) in [7, 11) is 1.60. The zero-order valence-corrected chi connectivity index (χ0v) is 15.7. The summed E-state index contributed by atoms with van der Waals surface area (Å²) in [5.41, 5.74) is 2.68. The van der Waals surface area contributed by atoms with Crippen molar-refractivity contribution in [2.45, 2.75) is 13.5 Å². The van der Waals surface area contributed by atoms with Gasteiger partial charge in [-0.2, -0.15) is 0 Å². The minimum absolute atomic E-state index is 0.130. The average molecular weight is 382 g/mol. The zero-order valence-electron chi connectivity index (χ0n) is 14.9. The van der Waals surface area contributed by atoms with Crippen LogP contribution in [0.5, 0.6) is 5.75 Å². The Balaban J connectivity index is 1.57. The fourth-order valence-electron chi connectivity index (χ4n) is 2.23. The maximum Gasteiger partial charge on any atom is 0.286 e. The third-order valence-corrected chi connectivity index (χ3v) is 4.66. The number of hydrogen-bond donors (Lipinski definition) is 2. The maximum absolute atomic E-state index is 12.2. The van der Waals surface area contributed by atoms with Gasteiger partial charge in [0.25, 0.3) is 11.8 Å². The summed E-state index contributed by atoms with van der Waals surface area (Å²) in [4.78, 5) is 24.4. The Morgan fingerprint density at radius 2 is 1.59 bits per heavy atom. The molecule has 7 nitrogen and oxygen atoms in total. The second-order valence-electron chi connectivity index (χ2n) is 5.76. The molecule has 0 saturated carbocycles. The third kappa shape index (κ3) is 4.89. The molecule has 0 spiro atoms. The summed E-state index contributed by atoms with van der Waals surface area (Å²) in [5, 5.41) is 13.4. The van der Waals surface area contributed by atoms with E-state index in [0.29, 0.717) is 12.2 Å². The second kappa shape index (κ2) is 8.41. The Labute approximate surface area is 160 Å². The molecule has 0 atom stereocenters. The van der Waals surface area contributed by atoms with Gasteiger partial charge in [-0.1, -0.05) is 41.2 Å². The fraction of sp³-hybridized carbons (Fsp3) is 0.158. The Morgan fingerprint density at radius 1 is 0.963 bits per heavy atom. The molecule has 0 radical (unpaired) electrons. The largest absolute Gasteiger partial charge is 0.497 e. The van der Waals surface area contributed by atoms with Gasteiger partial charge in [-0.3, -0.25) is 9.59 Å². The van der Waals surface area contributed by atoms with Gasteiger partial charge in [-0.15, -0.1) is 10.2 Å². The lowest BCUT2D eigenvalue weighted by atomic mass is 10.2. The van der Waals surface area contributed by atoms with Gasteiger partial charge in [0.1, 0.15) is 5.75 Å². The summed E-state index contributed by atoms with van der Waals surface area (Å²) >= 11 is 0.946. The van der Waals surface area contributed by atoms with Crippen molar-refractivity contribution >= 4 is 28.8 Å². The van der Waals surface area contributed by atoms with E-state index in [4.69, 9.17) is 4.74 Å². The van der Waals surface area contributed by atoms with Crippen LogP contribution < -0.4 is 15.4 Å². The Bertz CT molecular complexity index is 936. The smallest absolute Gasteiger partial charge is 0.286 e. The van der Waals surface area contributed by atoms with E-state index >= 15 is 0 Å². The molecule has 3 aromatic rings. The summed E-state index contributed by atoms with van der Waals surface area (Å²) in [6.45, 7) is 2.31. The number of hydrogen-bond acceptors (Lipinski definition) is 6. The van der Waals surface area contributed by atoms with Gasteiger partial charge >= 0.3 is 0 Å². The van der Waals surface area contributed by atoms with Gasteiger partial charge in [-0.25, -0.2) is 0 Å². The number of benzene rings is 2. The molecule has 0 aliphatic heterocycles. The number of aromatic nitrogens is 2. The number of aryl methyl sites for hydroxylation is 1. The number of ether oxygens (including phenoxy) is 1. The number of amides is 2. The molecule has 0 unspecified atom stereocenters. The van der Waals surface area contributed by atoms with E-state index in [1.807, 2.05) is 43.3 Å². The summed E-state index contributed by atoms with van der Waals surface area (Å²) < 4.78 is 5.10. The SMILES string of the molecule is COc1ccc(CNC(=O)c2nnc(C(=O)Nc3ccc(C)cc3)s2)cc1. The third-order valence-electron chi connectivity index (χ3n) is 3.74. The zero-order chi connectivity index (χ0) is 19.2. The van der Waals surface area contributed by atoms with Crippen molar-refractivity contribution in [3.05, 3.63) is 69.7 Å². The van der Waals surface area contributed by atoms with Crippen molar-refractivity contribution in [1.82, 2.24) is 15.5 Å². The molecule has 8 heteroatoms. The number of nitrogens with zero attached hydrogens (tertiary/aromatic N) is 2. The van der Waals surface area contributed by atoms with Crippen molar-refractivity contribution < 1.29 is 14.3 Å². The van der Waals surface area contributed by atoms with Gasteiger partial charge in [0.15, 0.2) is 0 Å². The summed E-state index contributed by atoms with van der Waals surface area (Å²) in [6, 6.07) is 14.8. The van der Waals surface area contributed by atoms with Gasteiger partial charge in [-0.05, 0) is 36.8 Å². The van der Waals surface area contributed by atoms with Crippen LogP contribution in [0.4, 0.5) is 5.69 Å². The van der Waals surface area contributed by atoms with Gasteiger partial charge in [0.05, 0.1) is 7.11 Å². The van der Waals surface area contributed by atoms with E-state index in [-0.39, 0.29) is 15.9 Å². The number of nitrogens with one attached hydrogen (secondary N) is 2. The highest BCUT2D eigenvalue weighted by molar-refractivity contribution is 7.15. The minimum atomic E-state index is -0.398. The predicted molar refractivity (Wildman–Crippen MR) is 103 cm³/mol. The van der Waals surface area contributed by atoms with Crippen LogP contribution in [0.2, 0.25) is 0 Å². The first-order valence-corrected chi connectivity index (χ1v) is 8.99. The molecule has 0 aliphatic carbocycles. The molecule has 0 saturated heterocycles. The number of carbonyl (C=O) groups is 2. The normalized spacial score (nSPS) is 10.3. The highest BCUT2D eigenvalue weighted by Crippen LogP contribution is 2.15. The highest BCUT2D eigenvalue weighted by Gasteiger charge is 2.17. The van der Waals surface area contributed by atoms with Gasteiger partial charge in [0.2, 0.25) is 10.0 Å². The summed E-state index contributed by atoms with van der Waals surface area (Å²) in [6.07, 6.45) is 0. The van der Waals surface area contributed by atoms with Crippen molar-refractivity contribution in [3.8, 4) is 5.75 Å². The van der Waals surface area contributed by atoms with Crippen LogP contribution in [-0.4, -0.2) is 29.1 Å². The van der Waals surface area contributed by atoms with Crippen molar-refractivity contribution in [3.63, 3.8) is 0 Å². The molecule has 2 amide bonds. The second-order valence-corrected chi connectivity index (χ2v) is 6.74. The quantitative estimate of drug-likeness (QED) is 0.683. The van der Waals surface area contributed by atoms with Crippen molar-refractivity contribution in [2.24, 2.45) is 0 Å². The first kappa shape index (κ1) is 18.5. The standard InChI is InChI=1S/C19H18N4O3S/c1-12-3-7-14(8-4-12)21-17(25)19-23-22-18(27-19)16(24)20-11-13-5-9-15(26-2)10-6-13/h3-10H,11H2,1-2H3,(H,20,24)(H,21,25). The van der Waals surface area contributed by atoms with Gasteiger partial charge in [0, 0.05) is 12.2 Å². The van der Waals surface area contributed by atoms with Crippen LogP contribution in [0.25, 0.3) is 0 Å². The van der Waals surface area contributed by atoms with Gasteiger partial charge < -0.3 is 15.4 Å². The average Bonchev–Trinajstić information content (AvgIpc) is 3.19. The molecular weight excluding hydrogens is 364 g/mol. The van der Waals surface area contributed by atoms with Crippen LogP contribution in [0.1, 0.15) is 30.7 Å². The minimum Gasteiger partial charge on any atom is -0.497 e. The number of rotatable bonds is 6. The van der Waals surface area contributed by atoms with E-state index in [9.17, 15) is 9.59 Å². The molecule has 2 aromatic carbocycles. The molecular formula is C19H18N4O3S. The highest BCUT2D eigenvalue weighted by atomic mass is 32.1. The van der Waals surface area contributed by atoms with Crippen LogP contribution in [0, 0.1) is 6.92 Å². The van der Waals surface area contributed by atoms with E-state index < -0.39 is 5.91 Å². The van der Waals surface area contributed by atoms with E-state index in [1.54, 1.807) is 19.2 Å². The van der Waals surface area contributed by atoms with Crippen molar-refractivity contribution in [1.29, 1.82) is 0 Å². The lowest BCUT2D eigenvalue weighted by Gasteiger charge is -2.04. The first-order valence-electron chi connectivity index (χ1n) is 8.18. The van der Waals surface area contributed by atoms with Crippen LogP contribution in [0.15, 0.2) is 48.5 Å². The van der Waals surface area contributed by atoms with Crippen LogP contribution >= 0.6 is 11.3 Å². The summed E-state index contributed by atoms with van der Waals surface area (Å²) in [5.74, 6) is -0.0262. The van der Waals surface area contributed by atoms with Crippen molar-refractivity contribution in [2.75, 3.05) is 12.4 Å². The topological polar surface area (TPSA) is 93.2 Å². The monoisotopic (exact) mass is 382 g/mol.